The Morgan fingerprint density at radius 2 is 1.83 bits per heavy atom. The zero-order valence-corrected chi connectivity index (χ0v) is 9.60. The Hall–Kier alpha value is -2.63. The Bertz CT molecular complexity index is 696. The maximum atomic E-state index is 11.4. The van der Waals surface area contributed by atoms with Crippen molar-refractivity contribution in [1.82, 2.24) is 9.97 Å². The summed E-state index contributed by atoms with van der Waals surface area (Å²) in [7, 11) is 0. The predicted octanol–water partition coefficient (Wildman–Crippen LogP) is 0.828. The summed E-state index contributed by atoms with van der Waals surface area (Å²) in [6.45, 7) is 1.95. The molecule has 0 bridgehead atoms. The van der Waals surface area contributed by atoms with Crippen molar-refractivity contribution in [3.05, 3.63) is 56.2 Å². The van der Waals surface area contributed by atoms with E-state index in [4.69, 9.17) is 0 Å². The first-order valence-corrected chi connectivity index (χ1v) is 5.22. The highest BCUT2D eigenvalue weighted by Crippen LogP contribution is 2.12. The molecule has 18 heavy (non-hydrogen) atoms. The lowest BCUT2D eigenvalue weighted by Gasteiger charge is -1.97. The third kappa shape index (κ3) is 2.54. The van der Waals surface area contributed by atoms with Crippen LogP contribution in [-0.2, 0) is 0 Å². The van der Waals surface area contributed by atoms with Crippen molar-refractivity contribution in [2.75, 3.05) is 0 Å². The number of hydrogen-bond donors (Lipinski definition) is 3. The summed E-state index contributed by atoms with van der Waals surface area (Å²) in [5, 5.41) is 9.43. The van der Waals surface area contributed by atoms with Crippen molar-refractivity contribution in [3.8, 4) is 5.88 Å². The SMILES string of the molecule is Cc1ccc(N=Cc2c(O)[nH]c(=O)[nH]c2=O)cc1. The molecule has 1 heterocycles. The number of nitrogens with one attached hydrogen (secondary N) is 2. The van der Waals surface area contributed by atoms with E-state index in [0.717, 1.165) is 5.56 Å². The Kier molecular flexibility index (Phi) is 3.09. The molecule has 0 aliphatic rings. The van der Waals surface area contributed by atoms with Crippen LogP contribution in [0.3, 0.4) is 0 Å². The van der Waals surface area contributed by atoms with Gasteiger partial charge in [-0.3, -0.25) is 19.8 Å². The second-order valence-corrected chi connectivity index (χ2v) is 3.76. The van der Waals surface area contributed by atoms with Gasteiger partial charge in [-0.05, 0) is 19.1 Å². The molecule has 0 atom stereocenters. The average Bonchev–Trinajstić information content (AvgIpc) is 2.30. The summed E-state index contributed by atoms with van der Waals surface area (Å²) in [4.78, 5) is 30.4. The second-order valence-electron chi connectivity index (χ2n) is 3.76. The number of rotatable bonds is 2. The number of benzene rings is 1. The van der Waals surface area contributed by atoms with Gasteiger partial charge in [0.1, 0.15) is 5.56 Å². The number of hydrogen-bond acceptors (Lipinski definition) is 4. The molecule has 0 saturated heterocycles. The van der Waals surface area contributed by atoms with Crippen LogP contribution in [0.1, 0.15) is 11.1 Å². The Balaban J connectivity index is 2.38. The first-order chi connectivity index (χ1) is 8.56. The van der Waals surface area contributed by atoms with E-state index in [9.17, 15) is 14.7 Å². The fourth-order valence-corrected chi connectivity index (χ4v) is 1.37. The van der Waals surface area contributed by atoms with Crippen LogP contribution in [-0.4, -0.2) is 21.3 Å². The fraction of sp³-hybridized carbons (Fsp3) is 0.0833. The minimum absolute atomic E-state index is 0.0878. The molecule has 0 unspecified atom stereocenters. The summed E-state index contributed by atoms with van der Waals surface area (Å²) in [5.74, 6) is -0.500. The van der Waals surface area contributed by atoms with E-state index in [0.29, 0.717) is 5.69 Å². The van der Waals surface area contributed by atoms with E-state index in [1.807, 2.05) is 24.0 Å². The van der Waals surface area contributed by atoms with Crippen LogP contribution in [0.4, 0.5) is 5.69 Å². The third-order valence-corrected chi connectivity index (χ3v) is 2.34. The standard InChI is InChI=1S/C12H11N3O3/c1-7-2-4-8(5-3-7)13-6-9-10(16)14-12(18)15-11(9)17/h2-6H,1H3,(H3,14,15,16,17,18). The maximum absolute atomic E-state index is 11.4. The molecule has 2 aromatic rings. The number of H-pyrrole nitrogens is 2. The summed E-state index contributed by atoms with van der Waals surface area (Å²) < 4.78 is 0. The van der Waals surface area contributed by atoms with Crippen LogP contribution in [0.5, 0.6) is 5.88 Å². The largest absolute Gasteiger partial charge is 0.494 e. The van der Waals surface area contributed by atoms with E-state index >= 15 is 0 Å². The Morgan fingerprint density at radius 1 is 1.17 bits per heavy atom. The number of aromatic amines is 2. The highest BCUT2D eigenvalue weighted by molar-refractivity contribution is 5.83. The minimum Gasteiger partial charge on any atom is -0.494 e. The lowest BCUT2D eigenvalue weighted by atomic mass is 10.2. The van der Waals surface area contributed by atoms with Crippen LogP contribution < -0.4 is 11.2 Å². The lowest BCUT2D eigenvalue weighted by molar-refractivity contribution is 0.447. The van der Waals surface area contributed by atoms with Gasteiger partial charge in [-0.2, -0.15) is 0 Å². The molecule has 1 aromatic carbocycles. The molecule has 0 aliphatic carbocycles. The predicted molar refractivity (Wildman–Crippen MR) is 67.8 cm³/mol. The molecule has 0 saturated carbocycles. The molecular formula is C12H11N3O3. The van der Waals surface area contributed by atoms with Crippen LogP contribution >= 0.6 is 0 Å². The van der Waals surface area contributed by atoms with E-state index in [1.165, 1.54) is 6.21 Å². The summed E-state index contributed by atoms with van der Waals surface area (Å²) in [5.41, 5.74) is 0.205. The molecule has 1 aromatic heterocycles. The third-order valence-electron chi connectivity index (χ3n) is 2.34. The van der Waals surface area contributed by atoms with Gasteiger partial charge in [-0.25, -0.2) is 4.79 Å². The maximum Gasteiger partial charge on any atom is 0.328 e. The van der Waals surface area contributed by atoms with E-state index in [2.05, 4.69) is 9.98 Å². The normalized spacial score (nSPS) is 10.9. The quantitative estimate of drug-likeness (QED) is 0.683. The van der Waals surface area contributed by atoms with Gasteiger partial charge in [0.2, 0.25) is 5.88 Å². The smallest absolute Gasteiger partial charge is 0.328 e. The molecule has 3 N–H and O–H groups in total. The number of nitrogens with zero attached hydrogens (tertiary/aromatic N) is 1. The van der Waals surface area contributed by atoms with E-state index < -0.39 is 17.1 Å². The summed E-state index contributed by atoms with van der Waals surface area (Å²) in [6.07, 6.45) is 1.20. The van der Waals surface area contributed by atoms with Crippen molar-refractivity contribution < 1.29 is 5.11 Å². The van der Waals surface area contributed by atoms with E-state index in [1.54, 1.807) is 12.1 Å². The van der Waals surface area contributed by atoms with Crippen LogP contribution in [0, 0.1) is 6.92 Å². The van der Waals surface area contributed by atoms with Gasteiger partial charge in [-0.1, -0.05) is 17.7 Å². The zero-order chi connectivity index (χ0) is 13.1. The van der Waals surface area contributed by atoms with Crippen LogP contribution in [0.15, 0.2) is 38.8 Å². The van der Waals surface area contributed by atoms with Gasteiger partial charge < -0.3 is 5.11 Å². The molecule has 6 heteroatoms. The minimum atomic E-state index is -0.759. The van der Waals surface area contributed by atoms with Crippen molar-refractivity contribution >= 4 is 11.9 Å². The van der Waals surface area contributed by atoms with Crippen molar-refractivity contribution in [2.24, 2.45) is 4.99 Å². The van der Waals surface area contributed by atoms with Crippen molar-refractivity contribution in [3.63, 3.8) is 0 Å². The van der Waals surface area contributed by atoms with Gasteiger partial charge in [0.15, 0.2) is 0 Å². The number of aromatic nitrogens is 2. The lowest BCUT2D eigenvalue weighted by Crippen LogP contribution is -2.24. The summed E-state index contributed by atoms with van der Waals surface area (Å²) in [6, 6.07) is 7.32. The zero-order valence-electron chi connectivity index (χ0n) is 9.60. The summed E-state index contributed by atoms with van der Waals surface area (Å²) >= 11 is 0. The Morgan fingerprint density at radius 3 is 2.44 bits per heavy atom. The number of aromatic hydroxyl groups is 1. The molecule has 6 nitrogen and oxygen atoms in total. The van der Waals surface area contributed by atoms with E-state index in [-0.39, 0.29) is 5.56 Å². The van der Waals surface area contributed by atoms with Gasteiger partial charge in [-0.15, -0.1) is 0 Å². The molecule has 0 fully saturated rings. The number of aryl methyl sites for hydroxylation is 1. The first kappa shape index (κ1) is 11.8. The van der Waals surface area contributed by atoms with Crippen LogP contribution in [0.2, 0.25) is 0 Å². The fourth-order valence-electron chi connectivity index (χ4n) is 1.37. The monoisotopic (exact) mass is 245 g/mol. The second kappa shape index (κ2) is 4.70. The van der Waals surface area contributed by atoms with Crippen LogP contribution in [0.25, 0.3) is 0 Å². The van der Waals surface area contributed by atoms with Gasteiger partial charge in [0.25, 0.3) is 5.56 Å². The average molecular weight is 245 g/mol. The van der Waals surface area contributed by atoms with Gasteiger partial charge in [0, 0.05) is 6.21 Å². The molecular weight excluding hydrogens is 234 g/mol. The molecule has 0 radical (unpaired) electrons. The molecule has 92 valence electrons. The van der Waals surface area contributed by atoms with Gasteiger partial charge >= 0.3 is 5.69 Å². The van der Waals surface area contributed by atoms with Crippen molar-refractivity contribution in [1.29, 1.82) is 0 Å². The molecule has 0 spiro atoms. The molecule has 0 aliphatic heterocycles. The van der Waals surface area contributed by atoms with Crippen molar-refractivity contribution in [2.45, 2.75) is 6.92 Å². The molecule has 2 rings (SSSR count). The molecule has 0 amide bonds. The topological polar surface area (TPSA) is 98.3 Å². The number of aliphatic imine (C=N–C) groups is 1. The Labute approximate surface area is 102 Å². The highest BCUT2D eigenvalue weighted by Gasteiger charge is 2.05. The highest BCUT2D eigenvalue weighted by atomic mass is 16.3. The first-order valence-electron chi connectivity index (χ1n) is 5.22. The van der Waals surface area contributed by atoms with Gasteiger partial charge in [0.05, 0.1) is 5.69 Å².